The zero-order chi connectivity index (χ0) is 21.7. The van der Waals surface area contributed by atoms with E-state index in [1.807, 2.05) is 52.0 Å². The topological polar surface area (TPSA) is 67.2 Å². The van der Waals surface area contributed by atoms with Gasteiger partial charge in [-0.15, -0.1) is 0 Å². The molecule has 1 heterocycles. The highest BCUT2D eigenvalue weighted by Crippen LogP contribution is 2.19. The first-order valence-electron chi connectivity index (χ1n) is 10.3. The van der Waals surface area contributed by atoms with E-state index in [0.29, 0.717) is 36.3 Å². The standard InChI is InChI=1S/C24H28N4O2/c1-5-22-21(16-25-28(22)20-13-11-17(4)12-14-20)23(29)26-19-10-8-9-18(15-19)24(30)27(6-2)7-3/h8-16H,5-7H2,1-4H3,(H,26,29). The Hall–Kier alpha value is -3.41. The summed E-state index contributed by atoms with van der Waals surface area (Å²) in [7, 11) is 0. The van der Waals surface area contributed by atoms with E-state index in [1.54, 1.807) is 40.0 Å². The van der Waals surface area contributed by atoms with Crippen LogP contribution in [0.1, 0.15) is 52.7 Å². The molecule has 6 heteroatoms. The molecule has 0 aliphatic rings. The molecule has 0 aliphatic heterocycles. The fourth-order valence-corrected chi connectivity index (χ4v) is 3.43. The molecule has 0 unspecified atom stereocenters. The Morgan fingerprint density at radius 1 is 1.03 bits per heavy atom. The van der Waals surface area contributed by atoms with Gasteiger partial charge in [-0.05, 0) is 57.5 Å². The molecule has 2 aromatic carbocycles. The summed E-state index contributed by atoms with van der Waals surface area (Å²) in [5, 5.41) is 7.35. The van der Waals surface area contributed by atoms with E-state index in [0.717, 1.165) is 11.4 Å². The second-order valence-corrected chi connectivity index (χ2v) is 7.12. The van der Waals surface area contributed by atoms with E-state index in [4.69, 9.17) is 0 Å². The van der Waals surface area contributed by atoms with Crippen LogP contribution < -0.4 is 5.32 Å². The van der Waals surface area contributed by atoms with Crippen LogP contribution in [0.4, 0.5) is 5.69 Å². The van der Waals surface area contributed by atoms with Gasteiger partial charge in [0.2, 0.25) is 0 Å². The number of nitrogens with one attached hydrogen (secondary N) is 1. The average Bonchev–Trinajstić information content (AvgIpc) is 3.19. The van der Waals surface area contributed by atoms with Crippen LogP contribution in [0.5, 0.6) is 0 Å². The van der Waals surface area contributed by atoms with E-state index in [9.17, 15) is 9.59 Å². The molecule has 2 amide bonds. The van der Waals surface area contributed by atoms with Gasteiger partial charge in [-0.3, -0.25) is 9.59 Å². The lowest BCUT2D eigenvalue weighted by atomic mass is 10.1. The second-order valence-electron chi connectivity index (χ2n) is 7.12. The molecular weight excluding hydrogens is 376 g/mol. The summed E-state index contributed by atoms with van der Waals surface area (Å²) in [6, 6.07) is 15.1. The third-order valence-electron chi connectivity index (χ3n) is 5.14. The van der Waals surface area contributed by atoms with Crippen LogP contribution in [0.2, 0.25) is 0 Å². The second kappa shape index (κ2) is 9.39. The van der Waals surface area contributed by atoms with Crippen molar-refractivity contribution in [2.24, 2.45) is 0 Å². The van der Waals surface area contributed by atoms with E-state index in [-0.39, 0.29) is 11.8 Å². The van der Waals surface area contributed by atoms with E-state index < -0.39 is 0 Å². The van der Waals surface area contributed by atoms with Crippen molar-refractivity contribution in [1.82, 2.24) is 14.7 Å². The Morgan fingerprint density at radius 2 is 1.73 bits per heavy atom. The Morgan fingerprint density at radius 3 is 2.37 bits per heavy atom. The number of anilines is 1. The van der Waals surface area contributed by atoms with E-state index in [2.05, 4.69) is 10.4 Å². The molecule has 1 aromatic heterocycles. The van der Waals surface area contributed by atoms with Gasteiger partial charge in [0.1, 0.15) is 0 Å². The minimum absolute atomic E-state index is 0.0439. The SMILES string of the molecule is CCc1c(C(=O)Nc2cccc(C(=O)N(CC)CC)c2)cnn1-c1ccc(C)cc1. The molecule has 1 N–H and O–H groups in total. The lowest BCUT2D eigenvalue weighted by Crippen LogP contribution is -2.30. The Labute approximate surface area is 177 Å². The van der Waals surface area contributed by atoms with Crippen molar-refractivity contribution in [2.75, 3.05) is 18.4 Å². The minimum Gasteiger partial charge on any atom is -0.339 e. The Bertz CT molecular complexity index is 1030. The summed E-state index contributed by atoms with van der Waals surface area (Å²) < 4.78 is 1.80. The largest absolute Gasteiger partial charge is 0.339 e. The number of benzene rings is 2. The molecule has 0 fully saturated rings. The first-order valence-corrected chi connectivity index (χ1v) is 10.3. The maximum atomic E-state index is 13.0. The summed E-state index contributed by atoms with van der Waals surface area (Å²) in [6.07, 6.45) is 2.26. The molecule has 0 saturated heterocycles. The molecule has 30 heavy (non-hydrogen) atoms. The van der Waals surface area contributed by atoms with Crippen molar-refractivity contribution in [3.8, 4) is 5.69 Å². The average molecular weight is 405 g/mol. The number of carbonyl (C=O) groups excluding carboxylic acids is 2. The summed E-state index contributed by atoms with van der Waals surface area (Å²) >= 11 is 0. The number of hydrogen-bond acceptors (Lipinski definition) is 3. The summed E-state index contributed by atoms with van der Waals surface area (Å²) in [5.41, 5.74) is 4.60. The summed E-state index contributed by atoms with van der Waals surface area (Å²) in [5.74, 6) is -0.282. The van der Waals surface area contributed by atoms with Gasteiger partial charge in [-0.2, -0.15) is 5.10 Å². The fourth-order valence-electron chi connectivity index (χ4n) is 3.43. The van der Waals surface area contributed by atoms with Crippen molar-refractivity contribution in [1.29, 1.82) is 0 Å². The van der Waals surface area contributed by atoms with Crippen LogP contribution in [0.25, 0.3) is 5.69 Å². The van der Waals surface area contributed by atoms with Crippen LogP contribution in [0.15, 0.2) is 54.7 Å². The quantitative estimate of drug-likeness (QED) is 0.631. The van der Waals surface area contributed by atoms with Gasteiger partial charge in [0.15, 0.2) is 0 Å². The van der Waals surface area contributed by atoms with E-state index in [1.165, 1.54) is 5.56 Å². The van der Waals surface area contributed by atoms with Crippen LogP contribution >= 0.6 is 0 Å². The fraction of sp³-hybridized carbons (Fsp3) is 0.292. The first kappa shape index (κ1) is 21.3. The predicted octanol–water partition coefficient (Wildman–Crippen LogP) is 4.48. The van der Waals surface area contributed by atoms with E-state index >= 15 is 0 Å². The maximum absolute atomic E-state index is 13.0. The van der Waals surface area contributed by atoms with Gasteiger partial charge in [0, 0.05) is 24.3 Å². The monoisotopic (exact) mass is 404 g/mol. The zero-order valence-corrected chi connectivity index (χ0v) is 18.0. The van der Waals surface area contributed by atoms with Gasteiger partial charge in [-0.25, -0.2) is 4.68 Å². The summed E-state index contributed by atoms with van der Waals surface area (Å²) in [6.45, 7) is 9.22. The first-order chi connectivity index (χ1) is 14.5. The molecule has 156 valence electrons. The number of rotatable bonds is 7. The summed E-state index contributed by atoms with van der Waals surface area (Å²) in [4.78, 5) is 27.3. The van der Waals surface area contributed by atoms with Gasteiger partial charge >= 0.3 is 0 Å². The molecule has 0 saturated carbocycles. The third kappa shape index (κ3) is 4.43. The minimum atomic E-state index is -0.238. The smallest absolute Gasteiger partial charge is 0.259 e. The Balaban J connectivity index is 1.84. The number of carbonyl (C=O) groups is 2. The molecule has 0 aliphatic carbocycles. The Kier molecular flexibility index (Phi) is 6.67. The maximum Gasteiger partial charge on any atom is 0.259 e. The molecule has 3 aromatic rings. The van der Waals surface area contributed by atoms with Crippen molar-refractivity contribution in [2.45, 2.75) is 34.1 Å². The lowest BCUT2D eigenvalue weighted by Gasteiger charge is -2.19. The number of amides is 2. The number of aryl methyl sites for hydroxylation is 1. The van der Waals surface area contributed by atoms with Crippen molar-refractivity contribution < 1.29 is 9.59 Å². The van der Waals surface area contributed by atoms with Crippen molar-refractivity contribution in [3.63, 3.8) is 0 Å². The molecular formula is C24H28N4O2. The van der Waals surface area contributed by atoms with Crippen LogP contribution in [0, 0.1) is 6.92 Å². The highest BCUT2D eigenvalue weighted by atomic mass is 16.2. The van der Waals surface area contributed by atoms with Crippen LogP contribution in [0.3, 0.4) is 0 Å². The van der Waals surface area contributed by atoms with Gasteiger partial charge in [0.05, 0.1) is 23.1 Å². The zero-order valence-electron chi connectivity index (χ0n) is 18.0. The van der Waals surface area contributed by atoms with Crippen molar-refractivity contribution >= 4 is 17.5 Å². The van der Waals surface area contributed by atoms with Crippen molar-refractivity contribution in [3.05, 3.63) is 77.1 Å². The molecule has 0 radical (unpaired) electrons. The number of aromatic nitrogens is 2. The normalized spacial score (nSPS) is 10.7. The molecule has 0 bridgehead atoms. The van der Waals surface area contributed by atoms with Gasteiger partial charge in [-0.1, -0.05) is 30.7 Å². The molecule has 0 atom stereocenters. The third-order valence-corrected chi connectivity index (χ3v) is 5.14. The van der Waals surface area contributed by atoms with Gasteiger partial charge in [0.25, 0.3) is 11.8 Å². The highest BCUT2D eigenvalue weighted by molar-refractivity contribution is 6.05. The molecule has 0 spiro atoms. The highest BCUT2D eigenvalue weighted by Gasteiger charge is 2.18. The predicted molar refractivity (Wildman–Crippen MR) is 119 cm³/mol. The molecule has 6 nitrogen and oxygen atoms in total. The number of hydrogen-bond donors (Lipinski definition) is 1. The lowest BCUT2D eigenvalue weighted by molar-refractivity contribution is 0.0772. The van der Waals surface area contributed by atoms with Crippen LogP contribution in [-0.2, 0) is 6.42 Å². The molecule has 3 rings (SSSR count). The van der Waals surface area contributed by atoms with Crippen LogP contribution in [-0.4, -0.2) is 39.6 Å². The number of nitrogens with zero attached hydrogens (tertiary/aromatic N) is 3. The van der Waals surface area contributed by atoms with Gasteiger partial charge < -0.3 is 10.2 Å².